The Morgan fingerprint density at radius 2 is 1.61 bits per heavy atom. The number of nitro groups is 1. The molecule has 4 rings (SSSR count). The van der Waals surface area contributed by atoms with Crippen LogP contribution in [0.1, 0.15) is 43.5 Å². The summed E-state index contributed by atoms with van der Waals surface area (Å²) in [6.45, 7) is 5.75. The van der Waals surface area contributed by atoms with Crippen LogP contribution in [0.25, 0.3) is 0 Å². The molecule has 0 aromatic heterocycles. The third kappa shape index (κ3) is 5.71. The molecule has 8 nitrogen and oxygen atoms in total. The highest BCUT2D eigenvalue weighted by Crippen LogP contribution is 2.37. The quantitative estimate of drug-likeness (QED) is 0.391. The Morgan fingerprint density at radius 3 is 2.19 bits per heavy atom. The minimum atomic E-state index is -1.06. The molecule has 3 aromatic carbocycles. The van der Waals surface area contributed by atoms with Crippen LogP contribution in [0.2, 0.25) is 0 Å². The highest BCUT2D eigenvalue weighted by atomic mass is 16.6. The summed E-state index contributed by atoms with van der Waals surface area (Å²) < 4.78 is 0. The highest BCUT2D eigenvalue weighted by molar-refractivity contribution is 5.95. The summed E-state index contributed by atoms with van der Waals surface area (Å²) in [5.41, 5.74) is 2.03. The summed E-state index contributed by atoms with van der Waals surface area (Å²) in [5, 5.41) is 17.9. The number of amides is 2. The van der Waals surface area contributed by atoms with Gasteiger partial charge >= 0.3 is 0 Å². The second-order valence-corrected chi connectivity index (χ2v) is 10.0. The topological polar surface area (TPSA) is 105 Å². The molecule has 0 bridgehead atoms. The van der Waals surface area contributed by atoms with Crippen molar-refractivity contribution in [1.29, 1.82) is 0 Å². The Labute approximate surface area is 210 Å². The average Bonchev–Trinajstić information content (AvgIpc) is 2.94. The van der Waals surface area contributed by atoms with Crippen molar-refractivity contribution in [1.82, 2.24) is 10.2 Å². The fourth-order valence-electron chi connectivity index (χ4n) is 4.42. The Hall–Kier alpha value is -4.20. The van der Waals surface area contributed by atoms with E-state index in [1.165, 1.54) is 17.0 Å². The van der Waals surface area contributed by atoms with E-state index in [4.69, 9.17) is 0 Å². The van der Waals surface area contributed by atoms with Crippen molar-refractivity contribution in [2.24, 2.45) is 0 Å². The molecule has 3 aromatic rings. The lowest BCUT2D eigenvalue weighted by Crippen LogP contribution is -2.50. The standard InChI is InChI=1S/C28H30N4O4/c1-28(2,3)30-26(33)25-22-17-21(32(35)36)14-15-23(22)29-24(16-19-10-6-4-7-11-19)27(34)31(25)18-20-12-8-5-9-13-20/h4-15,17,24-25,29H,16,18H2,1-3H3,(H,30,33)/t24-,25+/m0/s1. The van der Waals surface area contributed by atoms with E-state index >= 15 is 0 Å². The molecule has 1 aliphatic heterocycles. The molecular formula is C28H30N4O4. The summed E-state index contributed by atoms with van der Waals surface area (Å²) in [6.07, 6.45) is 0.398. The van der Waals surface area contributed by atoms with Gasteiger partial charge in [0.25, 0.3) is 5.69 Å². The van der Waals surface area contributed by atoms with E-state index in [1.807, 2.05) is 81.4 Å². The first-order chi connectivity index (χ1) is 17.1. The lowest BCUT2D eigenvalue weighted by Gasteiger charge is -2.33. The van der Waals surface area contributed by atoms with Gasteiger partial charge in [-0.15, -0.1) is 0 Å². The first-order valence-corrected chi connectivity index (χ1v) is 11.9. The lowest BCUT2D eigenvalue weighted by molar-refractivity contribution is -0.384. The van der Waals surface area contributed by atoms with E-state index < -0.39 is 28.5 Å². The van der Waals surface area contributed by atoms with Crippen molar-refractivity contribution >= 4 is 23.2 Å². The van der Waals surface area contributed by atoms with Gasteiger partial charge in [-0.25, -0.2) is 0 Å². The van der Waals surface area contributed by atoms with Gasteiger partial charge in [0.05, 0.1) is 4.92 Å². The number of benzene rings is 3. The van der Waals surface area contributed by atoms with Crippen molar-refractivity contribution in [2.75, 3.05) is 5.32 Å². The third-order valence-corrected chi connectivity index (χ3v) is 5.99. The largest absolute Gasteiger partial charge is 0.373 e. The van der Waals surface area contributed by atoms with Gasteiger partial charge in [0.1, 0.15) is 12.1 Å². The maximum Gasteiger partial charge on any atom is 0.269 e. The molecule has 8 heteroatoms. The van der Waals surface area contributed by atoms with Crippen LogP contribution >= 0.6 is 0 Å². The minimum Gasteiger partial charge on any atom is -0.373 e. The number of hydrogen-bond donors (Lipinski definition) is 2. The zero-order valence-electron chi connectivity index (χ0n) is 20.6. The molecule has 1 aliphatic rings. The fourth-order valence-corrected chi connectivity index (χ4v) is 4.42. The number of nitro benzene ring substituents is 1. The lowest BCUT2D eigenvalue weighted by atomic mass is 9.99. The predicted molar refractivity (Wildman–Crippen MR) is 138 cm³/mol. The van der Waals surface area contributed by atoms with Crippen LogP contribution in [-0.4, -0.2) is 33.2 Å². The van der Waals surface area contributed by atoms with Gasteiger partial charge in [-0.1, -0.05) is 60.7 Å². The van der Waals surface area contributed by atoms with Crippen molar-refractivity contribution in [3.63, 3.8) is 0 Å². The zero-order valence-corrected chi connectivity index (χ0v) is 20.6. The smallest absolute Gasteiger partial charge is 0.269 e. The monoisotopic (exact) mass is 486 g/mol. The molecule has 0 unspecified atom stereocenters. The number of carbonyl (C=O) groups is 2. The summed E-state index contributed by atoms with van der Waals surface area (Å²) in [7, 11) is 0. The first kappa shape index (κ1) is 24.9. The second-order valence-electron chi connectivity index (χ2n) is 10.0. The summed E-state index contributed by atoms with van der Waals surface area (Å²) in [5.74, 6) is -0.647. The molecule has 0 saturated heterocycles. The molecule has 2 atom stereocenters. The molecule has 2 amide bonds. The Morgan fingerprint density at radius 1 is 1.00 bits per heavy atom. The molecule has 0 saturated carbocycles. The van der Waals surface area contributed by atoms with Crippen LogP contribution in [0.15, 0.2) is 78.9 Å². The molecule has 36 heavy (non-hydrogen) atoms. The normalized spacial score (nSPS) is 17.5. The SMILES string of the molecule is CC(C)(C)NC(=O)[C@H]1c2cc([N+](=O)[O-])ccc2N[C@@H](Cc2ccccc2)C(=O)N1Cc1ccccc1. The van der Waals surface area contributed by atoms with Gasteiger partial charge in [-0.05, 0) is 38.0 Å². The minimum absolute atomic E-state index is 0.141. The van der Waals surface area contributed by atoms with Gasteiger partial charge < -0.3 is 15.5 Å². The number of non-ortho nitro benzene ring substituents is 1. The van der Waals surface area contributed by atoms with E-state index in [-0.39, 0.29) is 18.1 Å². The van der Waals surface area contributed by atoms with E-state index in [9.17, 15) is 19.7 Å². The molecule has 186 valence electrons. The van der Waals surface area contributed by atoms with Crippen LogP contribution < -0.4 is 10.6 Å². The van der Waals surface area contributed by atoms with Gasteiger partial charge in [0.15, 0.2) is 0 Å². The van der Waals surface area contributed by atoms with Gasteiger partial charge in [-0.2, -0.15) is 0 Å². The number of nitrogens with one attached hydrogen (secondary N) is 2. The number of nitrogens with zero attached hydrogens (tertiary/aromatic N) is 2. The number of rotatable bonds is 6. The van der Waals surface area contributed by atoms with Gasteiger partial charge in [-0.3, -0.25) is 19.7 Å². The first-order valence-electron chi connectivity index (χ1n) is 11.9. The van der Waals surface area contributed by atoms with Crippen molar-refractivity contribution in [2.45, 2.75) is 51.4 Å². The van der Waals surface area contributed by atoms with Crippen LogP contribution in [-0.2, 0) is 22.6 Å². The molecular weight excluding hydrogens is 456 g/mol. The maximum atomic E-state index is 14.1. The van der Waals surface area contributed by atoms with E-state index in [2.05, 4.69) is 10.6 Å². The molecule has 0 fully saturated rings. The van der Waals surface area contributed by atoms with Crippen molar-refractivity contribution < 1.29 is 14.5 Å². The summed E-state index contributed by atoms with van der Waals surface area (Å²) >= 11 is 0. The van der Waals surface area contributed by atoms with Crippen LogP contribution in [0, 0.1) is 10.1 Å². The third-order valence-electron chi connectivity index (χ3n) is 5.99. The fraction of sp³-hybridized carbons (Fsp3) is 0.286. The Bertz CT molecular complexity index is 1260. The summed E-state index contributed by atoms with van der Waals surface area (Å²) in [6, 6.07) is 21.7. The Kier molecular flexibility index (Phi) is 7.05. The average molecular weight is 487 g/mol. The van der Waals surface area contributed by atoms with Gasteiger partial charge in [0, 0.05) is 41.9 Å². The highest BCUT2D eigenvalue weighted by Gasteiger charge is 2.41. The van der Waals surface area contributed by atoms with E-state index in [1.54, 1.807) is 6.07 Å². The van der Waals surface area contributed by atoms with Crippen LogP contribution in [0.4, 0.5) is 11.4 Å². The van der Waals surface area contributed by atoms with Crippen LogP contribution in [0.5, 0.6) is 0 Å². The molecule has 1 heterocycles. The van der Waals surface area contributed by atoms with Crippen molar-refractivity contribution in [3.05, 3.63) is 106 Å². The predicted octanol–water partition coefficient (Wildman–Crippen LogP) is 4.62. The molecule has 0 aliphatic carbocycles. The molecule has 0 radical (unpaired) electrons. The zero-order chi connectivity index (χ0) is 25.9. The molecule has 2 N–H and O–H groups in total. The number of fused-ring (bicyclic) bond motifs is 1. The molecule has 0 spiro atoms. The Balaban J connectivity index is 1.86. The summed E-state index contributed by atoms with van der Waals surface area (Å²) in [4.78, 5) is 40.5. The van der Waals surface area contributed by atoms with E-state index in [0.717, 1.165) is 11.1 Å². The number of hydrogen-bond acceptors (Lipinski definition) is 5. The van der Waals surface area contributed by atoms with Gasteiger partial charge in [0.2, 0.25) is 11.8 Å². The van der Waals surface area contributed by atoms with Crippen LogP contribution in [0.3, 0.4) is 0 Å². The van der Waals surface area contributed by atoms with Crippen molar-refractivity contribution in [3.8, 4) is 0 Å². The number of anilines is 1. The second kappa shape index (κ2) is 10.2. The van der Waals surface area contributed by atoms with E-state index in [0.29, 0.717) is 17.7 Å². The maximum absolute atomic E-state index is 14.1. The number of carbonyl (C=O) groups excluding carboxylic acids is 2.